The molecule has 0 unspecified atom stereocenters. The Morgan fingerprint density at radius 2 is 1.76 bits per heavy atom. The lowest BCUT2D eigenvalue weighted by atomic mass is 9.64. The maximum Gasteiger partial charge on any atom is 0.416 e. The van der Waals surface area contributed by atoms with Crippen molar-refractivity contribution < 1.29 is 37.4 Å². The van der Waals surface area contributed by atoms with Gasteiger partial charge < -0.3 is 15.1 Å². The van der Waals surface area contributed by atoms with Crippen LogP contribution in [0.4, 0.5) is 23.2 Å². The number of nitriles is 1. The van der Waals surface area contributed by atoms with E-state index in [1.165, 1.54) is 29.2 Å². The summed E-state index contributed by atoms with van der Waals surface area (Å²) in [5, 5.41) is 28.0. The van der Waals surface area contributed by atoms with Crippen LogP contribution in [0, 0.1) is 23.1 Å². The molecule has 1 spiro atoms. The number of hydrogen-bond donors (Lipinski definition) is 2. The van der Waals surface area contributed by atoms with E-state index in [9.17, 15) is 37.4 Å². The number of carbonyl (C=O) groups excluding carboxylic acids is 2. The third kappa shape index (κ3) is 3.99. The second kappa shape index (κ2) is 8.38. The van der Waals surface area contributed by atoms with Gasteiger partial charge in [0.05, 0.1) is 22.9 Å². The second-order valence-corrected chi connectivity index (χ2v) is 8.46. The van der Waals surface area contributed by atoms with Gasteiger partial charge in [-0.15, -0.1) is 0 Å². The molecule has 1 aliphatic heterocycles. The van der Waals surface area contributed by atoms with Crippen molar-refractivity contribution in [2.75, 3.05) is 11.4 Å². The van der Waals surface area contributed by atoms with Crippen molar-refractivity contribution in [3.63, 3.8) is 0 Å². The number of aliphatic hydroxyl groups is 2. The Labute approximate surface area is 191 Å². The number of piperazine rings is 1. The normalized spacial score (nSPS) is 22.8. The van der Waals surface area contributed by atoms with E-state index in [1.807, 2.05) is 0 Å². The molecule has 1 saturated carbocycles. The molecule has 0 atom stereocenters. The fourth-order valence-corrected chi connectivity index (χ4v) is 4.52. The van der Waals surface area contributed by atoms with Crippen LogP contribution in [0.2, 0.25) is 0 Å². The molecular weight excluding hydrogens is 458 g/mol. The standard InChI is InChI=1S/C23H19F4N3O4/c24-17-7-14(10-28)3-6-18(17)29-12-19(31)30(22(21(29)34)8-15(9-22)20(32)33)11-13-1-4-16(5-2-13)23(25,26)27/h1-7,15,20,32-33H,8-9,11-12H2. The zero-order chi connectivity index (χ0) is 24.8. The number of aliphatic hydroxyl groups excluding tert-OH is 1. The Hall–Kier alpha value is -3.49. The maximum atomic E-state index is 14.6. The minimum atomic E-state index is -4.53. The van der Waals surface area contributed by atoms with E-state index in [0.717, 1.165) is 23.1 Å². The molecule has 0 bridgehead atoms. The van der Waals surface area contributed by atoms with Gasteiger partial charge in [-0.3, -0.25) is 14.5 Å². The summed E-state index contributed by atoms with van der Waals surface area (Å²) in [5.74, 6) is -2.80. The molecule has 2 fully saturated rings. The van der Waals surface area contributed by atoms with Crippen LogP contribution in [0.3, 0.4) is 0 Å². The van der Waals surface area contributed by atoms with Gasteiger partial charge >= 0.3 is 6.18 Å². The van der Waals surface area contributed by atoms with Crippen LogP contribution in [0.5, 0.6) is 0 Å². The molecule has 2 amide bonds. The quantitative estimate of drug-likeness (QED) is 0.520. The summed E-state index contributed by atoms with van der Waals surface area (Å²) in [6.07, 6.45) is -6.47. The monoisotopic (exact) mass is 477 g/mol. The minimum Gasteiger partial charge on any atom is -0.368 e. The number of rotatable bonds is 4. The highest BCUT2D eigenvalue weighted by Gasteiger charge is 2.61. The summed E-state index contributed by atoms with van der Waals surface area (Å²) < 4.78 is 53.3. The Kier molecular flexibility index (Phi) is 5.83. The Morgan fingerprint density at radius 1 is 1.12 bits per heavy atom. The number of carbonyl (C=O) groups is 2. The van der Waals surface area contributed by atoms with E-state index < -0.39 is 53.7 Å². The van der Waals surface area contributed by atoms with Gasteiger partial charge in [0, 0.05) is 12.5 Å². The molecule has 1 saturated heterocycles. The van der Waals surface area contributed by atoms with Crippen molar-refractivity contribution in [2.45, 2.75) is 37.4 Å². The second-order valence-electron chi connectivity index (χ2n) is 8.46. The molecule has 178 valence electrons. The average molecular weight is 477 g/mol. The van der Waals surface area contributed by atoms with Crippen LogP contribution >= 0.6 is 0 Å². The largest absolute Gasteiger partial charge is 0.416 e. The van der Waals surface area contributed by atoms with Gasteiger partial charge in [0.25, 0.3) is 5.91 Å². The molecule has 11 heteroatoms. The topological polar surface area (TPSA) is 105 Å². The van der Waals surface area contributed by atoms with Gasteiger partial charge in [-0.2, -0.15) is 18.4 Å². The summed E-state index contributed by atoms with van der Waals surface area (Å²) in [6.45, 7) is -0.697. The number of alkyl halides is 3. The van der Waals surface area contributed by atoms with Crippen LogP contribution in [0.15, 0.2) is 42.5 Å². The number of nitrogens with zero attached hydrogens (tertiary/aromatic N) is 3. The van der Waals surface area contributed by atoms with Crippen molar-refractivity contribution in [3.8, 4) is 6.07 Å². The lowest BCUT2D eigenvalue weighted by Gasteiger charge is -2.57. The lowest BCUT2D eigenvalue weighted by molar-refractivity contribution is -0.181. The molecule has 4 rings (SSSR count). The number of amides is 2. The van der Waals surface area contributed by atoms with E-state index in [-0.39, 0.29) is 30.6 Å². The van der Waals surface area contributed by atoms with Crippen molar-refractivity contribution in [1.82, 2.24) is 4.90 Å². The summed E-state index contributed by atoms with van der Waals surface area (Å²) in [7, 11) is 0. The zero-order valence-corrected chi connectivity index (χ0v) is 17.6. The fraction of sp³-hybridized carbons (Fsp3) is 0.348. The van der Waals surface area contributed by atoms with E-state index in [4.69, 9.17) is 5.26 Å². The first-order chi connectivity index (χ1) is 16.0. The van der Waals surface area contributed by atoms with Crippen molar-refractivity contribution in [1.29, 1.82) is 5.26 Å². The van der Waals surface area contributed by atoms with Gasteiger partial charge in [-0.1, -0.05) is 12.1 Å². The smallest absolute Gasteiger partial charge is 0.368 e. The van der Waals surface area contributed by atoms with Gasteiger partial charge in [-0.05, 0) is 48.7 Å². The first-order valence-electron chi connectivity index (χ1n) is 10.3. The molecular formula is C23H19F4N3O4. The van der Waals surface area contributed by atoms with Crippen molar-refractivity contribution in [2.24, 2.45) is 5.92 Å². The van der Waals surface area contributed by atoms with Crippen LogP contribution in [-0.2, 0) is 22.3 Å². The molecule has 2 aromatic carbocycles. The first-order valence-corrected chi connectivity index (χ1v) is 10.3. The van der Waals surface area contributed by atoms with Crippen molar-refractivity contribution in [3.05, 3.63) is 65.0 Å². The number of halogens is 4. The molecule has 2 N–H and O–H groups in total. The average Bonchev–Trinajstić information content (AvgIpc) is 2.74. The third-order valence-electron chi connectivity index (χ3n) is 6.37. The van der Waals surface area contributed by atoms with E-state index >= 15 is 0 Å². The summed E-state index contributed by atoms with van der Waals surface area (Å²) in [6, 6.07) is 9.40. The van der Waals surface area contributed by atoms with Crippen LogP contribution in [0.1, 0.15) is 29.5 Å². The van der Waals surface area contributed by atoms with Gasteiger partial charge in [0.2, 0.25) is 5.91 Å². The summed E-state index contributed by atoms with van der Waals surface area (Å²) in [5.41, 5.74) is -2.19. The minimum absolute atomic E-state index is 0.0304. The van der Waals surface area contributed by atoms with Gasteiger partial charge in [-0.25, -0.2) is 4.39 Å². The first kappa shape index (κ1) is 23.7. The number of anilines is 1. The SMILES string of the molecule is N#Cc1ccc(N2CC(=O)N(Cc3ccc(C(F)(F)F)cc3)C3(CC(C(O)O)C3)C2=O)c(F)c1. The van der Waals surface area contributed by atoms with Gasteiger partial charge in [0.15, 0.2) is 6.29 Å². The van der Waals surface area contributed by atoms with Crippen LogP contribution < -0.4 is 4.90 Å². The predicted octanol–water partition coefficient (Wildman–Crippen LogP) is 2.55. The zero-order valence-electron chi connectivity index (χ0n) is 17.6. The predicted molar refractivity (Wildman–Crippen MR) is 109 cm³/mol. The van der Waals surface area contributed by atoms with Crippen LogP contribution in [-0.4, -0.2) is 45.3 Å². The number of benzene rings is 2. The molecule has 0 aromatic heterocycles. The molecule has 1 aliphatic carbocycles. The van der Waals surface area contributed by atoms with E-state index in [1.54, 1.807) is 6.07 Å². The maximum absolute atomic E-state index is 14.6. The number of hydrogen-bond acceptors (Lipinski definition) is 5. The van der Waals surface area contributed by atoms with Gasteiger partial charge in [0.1, 0.15) is 17.9 Å². The fourth-order valence-electron chi connectivity index (χ4n) is 4.52. The summed E-state index contributed by atoms with van der Waals surface area (Å²) in [4.78, 5) is 28.8. The Bertz CT molecular complexity index is 1170. The van der Waals surface area contributed by atoms with E-state index in [2.05, 4.69) is 0 Å². The molecule has 7 nitrogen and oxygen atoms in total. The highest BCUT2D eigenvalue weighted by Crippen LogP contribution is 2.48. The van der Waals surface area contributed by atoms with E-state index in [0.29, 0.717) is 5.56 Å². The van der Waals surface area contributed by atoms with Crippen molar-refractivity contribution >= 4 is 17.5 Å². The summed E-state index contributed by atoms with van der Waals surface area (Å²) >= 11 is 0. The third-order valence-corrected chi connectivity index (χ3v) is 6.37. The Morgan fingerprint density at radius 3 is 2.29 bits per heavy atom. The molecule has 2 aromatic rings. The Balaban J connectivity index is 1.66. The molecule has 0 radical (unpaired) electrons. The molecule has 2 aliphatic rings. The highest BCUT2D eigenvalue weighted by atomic mass is 19.4. The highest BCUT2D eigenvalue weighted by molar-refractivity contribution is 6.09. The molecule has 1 heterocycles. The molecule has 34 heavy (non-hydrogen) atoms. The lowest BCUT2D eigenvalue weighted by Crippen LogP contribution is -2.73. The van der Waals surface area contributed by atoms with Crippen LogP contribution in [0.25, 0.3) is 0 Å².